The normalized spacial score (nSPS) is 10.8. The maximum absolute atomic E-state index is 13.4. The smallest absolute Gasteiger partial charge is 0.201 e. The van der Waals surface area contributed by atoms with E-state index in [9.17, 15) is 4.79 Å². The SMILES string of the molecule is COc1ccc2c(=O)c(-c3ccccc3)c(-c3ccccc3)oc2c1C. The molecule has 0 amide bonds. The van der Waals surface area contributed by atoms with Gasteiger partial charge in [0.25, 0.3) is 0 Å². The second kappa shape index (κ2) is 6.52. The molecule has 0 N–H and O–H groups in total. The van der Waals surface area contributed by atoms with E-state index in [4.69, 9.17) is 9.15 Å². The number of rotatable bonds is 3. The van der Waals surface area contributed by atoms with E-state index < -0.39 is 0 Å². The van der Waals surface area contributed by atoms with Crippen LogP contribution in [0.1, 0.15) is 5.56 Å². The molecule has 0 radical (unpaired) electrons. The molecule has 0 spiro atoms. The van der Waals surface area contributed by atoms with Gasteiger partial charge in [0.1, 0.15) is 17.1 Å². The lowest BCUT2D eigenvalue weighted by atomic mass is 9.97. The first-order valence-electron chi connectivity index (χ1n) is 8.46. The molecule has 3 aromatic carbocycles. The van der Waals surface area contributed by atoms with Gasteiger partial charge in [-0.2, -0.15) is 0 Å². The fourth-order valence-electron chi connectivity index (χ4n) is 3.26. The van der Waals surface area contributed by atoms with Crippen LogP contribution in [0, 0.1) is 6.92 Å². The van der Waals surface area contributed by atoms with Gasteiger partial charge in [0.2, 0.25) is 5.43 Å². The van der Waals surface area contributed by atoms with Crippen molar-refractivity contribution in [2.24, 2.45) is 0 Å². The van der Waals surface area contributed by atoms with Crippen molar-refractivity contribution in [2.45, 2.75) is 6.92 Å². The summed E-state index contributed by atoms with van der Waals surface area (Å²) in [5.74, 6) is 1.28. The molecule has 128 valence electrons. The van der Waals surface area contributed by atoms with E-state index in [0.717, 1.165) is 16.7 Å². The minimum Gasteiger partial charge on any atom is -0.496 e. The number of hydrogen-bond donors (Lipinski definition) is 0. The van der Waals surface area contributed by atoms with Crippen molar-refractivity contribution in [3.63, 3.8) is 0 Å². The highest BCUT2D eigenvalue weighted by molar-refractivity contribution is 5.91. The molecule has 3 nitrogen and oxygen atoms in total. The summed E-state index contributed by atoms with van der Waals surface area (Å²) in [6.07, 6.45) is 0. The molecule has 0 aliphatic carbocycles. The molecule has 0 aliphatic heterocycles. The van der Waals surface area contributed by atoms with Crippen LogP contribution in [-0.2, 0) is 0 Å². The summed E-state index contributed by atoms with van der Waals surface area (Å²) in [5.41, 5.74) is 3.63. The van der Waals surface area contributed by atoms with Crippen LogP contribution >= 0.6 is 0 Å². The van der Waals surface area contributed by atoms with Gasteiger partial charge in [-0.15, -0.1) is 0 Å². The number of hydrogen-bond acceptors (Lipinski definition) is 3. The second-order valence-corrected chi connectivity index (χ2v) is 6.14. The molecule has 4 aromatic rings. The maximum atomic E-state index is 13.4. The molecule has 3 heteroatoms. The molecule has 0 unspecified atom stereocenters. The molecule has 0 aliphatic rings. The van der Waals surface area contributed by atoms with Crippen LogP contribution in [0.15, 0.2) is 82.0 Å². The summed E-state index contributed by atoms with van der Waals surface area (Å²) >= 11 is 0. The van der Waals surface area contributed by atoms with E-state index >= 15 is 0 Å². The lowest BCUT2D eigenvalue weighted by Crippen LogP contribution is -2.08. The monoisotopic (exact) mass is 342 g/mol. The fourth-order valence-corrected chi connectivity index (χ4v) is 3.26. The van der Waals surface area contributed by atoms with E-state index in [-0.39, 0.29) is 5.43 Å². The van der Waals surface area contributed by atoms with Gasteiger partial charge in [-0.25, -0.2) is 0 Å². The number of benzene rings is 3. The maximum Gasteiger partial charge on any atom is 0.201 e. The highest BCUT2D eigenvalue weighted by atomic mass is 16.5. The molecular weight excluding hydrogens is 324 g/mol. The number of fused-ring (bicyclic) bond motifs is 1. The van der Waals surface area contributed by atoms with Crippen molar-refractivity contribution in [3.05, 3.63) is 88.6 Å². The zero-order valence-electron chi connectivity index (χ0n) is 14.7. The molecule has 0 bridgehead atoms. The van der Waals surface area contributed by atoms with Crippen LogP contribution in [-0.4, -0.2) is 7.11 Å². The lowest BCUT2D eigenvalue weighted by molar-refractivity contribution is 0.411. The Labute approximate surface area is 151 Å². The predicted octanol–water partition coefficient (Wildman–Crippen LogP) is 5.44. The zero-order chi connectivity index (χ0) is 18.1. The second-order valence-electron chi connectivity index (χ2n) is 6.14. The van der Waals surface area contributed by atoms with Gasteiger partial charge in [-0.1, -0.05) is 60.7 Å². The average Bonchev–Trinajstić information content (AvgIpc) is 2.70. The molecule has 0 atom stereocenters. The van der Waals surface area contributed by atoms with E-state index in [1.54, 1.807) is 13.2 Å². The van der Waals surface area contributed by atoms with Crippen molar-refractivity contribution < 1.29 is 9.15 Å². The minimum atomic E-state index is -0.0398. The third kappa shape index (κ3) is 2.58. The predicted molar refractivity (Wildman–Crippen MR) is 105 cm³/mol. The third-order valence-electron chi connectivity index (χ3n) is 4.58. The van der Waals surface area contributed by atoms with Gasteiger partial charge in [0.05, 0.1) is 18.1 Å². The van der Waals surface area contributed by atoms with E-state index in [2.05, 4.69) is 0 Å². The van der Waals surface area contributed by atoms with Crippen LogP contribution in [0.4, 0.5) is 0 Å². The largest absolute Gasteiger partial charge is 0.496 e. The van der Waals surface area contributed by atoms with Crippen molar-refractivity contribution in [1.29, 1.82) is 0 Å². The van der Waals surface area contributed by atoms with E-state index in [1.165, 1.54) is 0 Å². The lowest BCUT2D eigenvalue weighted by Gasteiger charge is -2.13. The first-order chi connectivity index (χ1) is 12.7. The van der Waals surface area contributed by atoms with Crippen LogP contribution < -0.4 is 10.2 Å². The highest BCUT2D eigenvalue weighted by Crippen LogP contribution is 2.35. The van der Waals surface area contributed by atoms with Crippen molar-refractivity contribution in [3.8, 4) is 28.2 Å². The first-order valence-corrected chi connectivity index (χ1v) is 8.46. The Balaban J connectivity index is 2.15. The van der Waals surface area contributed by atoms with Gasteiger partial charge in [0.15, 0.2) is 0 Å². The van der Waals surface area contributed by atoms with Crippen LogP contribution in [0.3, 0.4) is 0 Å². The standard InChI is InChI=1S/C23H18O3/c1-15-19(25-2)14-13-18-21(24)20(16-9-5-3-6-10-16)23(26-22(15)18)17-11-7-4-8-12-17/h3-14H,1-2H3. The van der Waals surface area contributed by atoms with Gasteiger partial charge < -0.3 is 9.15 Å². The minimum absolute atomic E-state index is 0.0398. The molecule has 0 saturated carbocycles. The molecule has 26 heavy (non-hydrogen) atoms. The topological polar surface area (TPSA) is 39.4 Å². The number of methoxy groups -OCH3 is 1. The molecule has 0 fully saturated rings. The van der Waals surface area contributed by atoms with E-state index in [1.807, 2.05) is 73.7 Å². The van der Waals surface area contributed by atoms with Crippen molar-refractivity contribution >= 4 is 11.0 Å². The summed E-state index contributed by atoms with van der Waals surface area (Å²) in [6, 6.07) is 22.9. The average molecular weight is 342 g/mol. The van der Waals surface area contributed by atoms with E-state index in [0.29, 0.717) is 28.0 Å². The molecule has 1 heterocycles. The van der Waals surface area contributed by atoms with Crippen LogP contribution in [0.25, 0.3) is 33.4 Å². The quantitative estimate of drug-likeness (QED) is 0.497. The van der Waals surface area contributed by atoms with Gasteiger partial charge in [-0.3, -0.25) is 4.79 Å². The van der Waals surface area contributed by atoms with Crippen molar-refractivity contribution in [1.82, 2.24) is 0 Å². The summed E-state index contributed by atoms with van der Waals surface area (Å²) in [6.45, 7) is 1.90. The third-order valence-corrected chi connectivity index (χ3v) is 4.58. The van der Waals surface area contributed by atoms with Crippen LogP contribution in [0.2, 0.25) is 0 Å². The first kappa shape index (κ1) is 16.2. The summed E-state index contributed by atoms with van der Waals surface area (Å²) in [5, 5.41) is 0.557. The molecular formula is C23H18O3. The highest BCUT2D eigenvalue weighted by Gasteiger charge is 2.19. The van der Waals surface area contributed by atoms with Gasteiger partial charge in [-0.05, 0) is 24.6 Å². The Bertz CT molecular complexity index is 1130. The van der Waals surface area contributed by atoms with Gasteiger partial charge >= 0.3 is 0 Å². The summed E-state index contributed by atoms with van der Waals surface area (Å²) in [4.78, 5) is 13.4. The van der Waals surface area contributed by atoms with Crippen molar-refractivity contribution in [2.75, 3.05) is 7.11 Å². The van der Waals surface area contributed by atoms with Gasteiger partial charge in [0, 0.05) is 11.1 Å². The summed E-state index contributed by atoms with van der Waals surface area (Å²) in [7, 11) is 1.61. The Hall–Kier alpha value is -3.33. The molecule has 0 saturated heterocycles. The van der Waals surface area contributed by atoms with Crippen LogP contribution in [0.5, 0.6) is 5.75 Å². The Morgan fingerprint density at radius 1 is 0.808 bits per heavy atom. The number of aryl methyl sites for hydroxylation is 1. The fraction of sp³-hybridized carbons (Fsp3) is 0.0870. The Morgan fingerprint density at radius 3 is 2.04 bits per heavy atom. The molecule has 1 aromatic heterocycles. The number of ether oxygens (including phenoxy) is 1. The molecule has 4 rings (SSSR count). The summed E-state index contributed by atoms with van der Waals surface area (Å²) < 4.78 is 11.7. The Morgan fingerprint density at radius 2 is 1.42 bits per heavy atom. The Kier molecular flexibility index (Phi) is 4.05. The zero-order valence-corrected chi connectivity index (χ0v) is 14.7.